The number of ether oxygens (including phenoxy) is 1. The number of carbonyl (C=O) groups is 3. The van der Waals surface area contributed by atoms with E-state index in [1.807, 2.05) is 26.0 Å². The molecule has 0 unspecified atom stereocenters. The van der Waals surface area contributed by atoms with E-state index in [0.717, 1.165) is 28.0 Å². The van der Waals surface area contributed by atoms with Crippen LogP contribution in [0.15, 0.2) is 30.3 Å². The number of methoxy groups -OCH3 is 1. The summed E-state index contributed by atoms with van der Waals surface area (Å²) in [5.74, 6) is -2.69. The van der Waals surface area contributed by atoms with Gasteiger partial charge in [0.1, 0.15) is 11.3 Å². The molecule has 10 heteroatoms. The minimum absolute atomic E-state index is 0.0566. The van der Waals surface area contributed by atoms with Crippen LogP contribution in [0.1, 0.15) is 29.5 Å². The molecule has 0 saturated carbocycles. The number of nitrogens with one attached hydrogen (secondary N) is 1. The summed E-state index contributed by atoms with van der Waals surface area (Å²) in [6.45, 7) is 4.50. The van der Waals surface area contributed by atoms with Gasteiger partial charge >= 0.3 is 0 Å². The third kappa shape index (κ3) is 2.54. The molecule has 1 spiro atoms. The van der Waals surface area contributed by atoms with Crippen molar-refractivity contribution in [2.75, 3.05) is 23.9 Å². The Morgan fingerprint density at radius 3 is 2.63 bits per heavy atom. The first-order chi connectivity index (χ1) is 16.7. The first kappa shape index (κ1) is 21.7. The van der Waals surface area contributed by atoms with E-state index >= 15 is 0 Å². The molecule has 4 heterocycles. The van der Waals surface area contributed by atoms with Gasteiger partial charge in [0.25, 0.3) is 5.69 Å². The maximum Gasteiger partial charge on any atom is 0.273 e. The van der Waals surface area contributed by atoms with Crippen molar-refractivity contribution in [3.63, 3.8) is 0 Å². The highest BCUT2D eigenvalue weighted by atomic mass is 16.6. The number of non-ortho nitro benzene ring substituents is 1. The minimum atomic E-state index is -1.27. The number of benzene rings is 2. The lowest BCUT2D eigenvalue weighted by Gasteiger charge is -2.37. The number of aryl methyl sites for hydroxylation is 2. The molecular weight excluding hydrogens is 452 g/mol. The van der Waals surface area contributed by atoms with E-state index < -0.39 is 34.1 Å². The molecule has 10 nitrogen and oxygen atoms in total. The van der Waals surface area contributed by atoms with Crippen molar-refractivity contribution >= 4 is 34.8 Å². The Kier molecular flexibility index (Phi) is 4.41. The summed E-state index contributed by atoms with van der Waals surface area (Å²) < 4.78 is 5.34. The van der Waals surface area contributed by atoms with E-state index in [-0.39, 0.29) is 29.1 Å². The largest absolute Gasteiger partial charge is 0.494 e. The number of rotatable bonds is 3. The average Bonchev–Trinajstić information content (AvgIpc) is 3.52. The molecule has 3 saturated heterocycles. The van der Waals surface area contributed by atoms with Crippen molar-refractivity contribution in [2.24, 2.45) is 11.8 Å². The van der Waals surface area contributed by atoms with Crippen molar-refractivity contribution in [3.8, 4) is 5.75 Å². The molecule has 6 rings (SSSR count). The van der Waals surface area contributed by atoms with Crippen LogP contribution < -0.4 is 15.0 Å². The van der Waals surface area contributed by atoms with Crippen LogP contribution in [0.2, 0.25) is 0 Å². The third-order valence-corrected chi connectivity index (χ3v) is 8.06. The lowest BCUT2D eigenvalue weighted by molar-refractivity contribution is -0.384. The van der Waals surface area contributed by atoms with Crippen LogP contribution in [0.5, 0.6) is 5.75 Å². The number of nitrogens with zero attached hydrogens (tertiary/aromatic N) is 3. The number of imide groups is 1. The SMILES string of the molecule is COc1cc([N+](=O)[O-])ccc1N1C(=O)[C@@H]2[C@H]3CCCN3[C@@]3(C(=O)Nc4c(C)cc(C)cc43)[C@H]2C1=O. The second kappa shape index (κ2) is 7.11. The lowest BCUT2D eigenvalue weighted by atomic mass is 9.75. The quantitative estimate of drug-likeness (QED) is 0.411. The van der Waals surface area contributed by atoms with E-state index in [4.69, 9.17) is 4.74 Å². The highest BCUT2D eigenvalue weighted by Crippen LogP contribution is 2.61. The van der Waals surface area contributed by atoms with E-state index in [1.54, 1.807) is 0 Å². The summed E-state index contributed by atoms with van der Waals surface area (Å²) in [7, 11) is 1.33. The fourth-order valence-corrected chi connectivity index (χ4v) is 6.86. The van der Waals surface area contributed by atoms with Crippen molar-refractivity contribution in [3.05, 3.63) is 57.1 Å². The Hall–Kier alpha value is -3.79. The number of nitro benzene ring substituents is 1. The normalized spacial score (nSPS) is 28.9. The van der Waals surface area contributed by atoms with Gasteiger partial charge in [-0.15, -0.1) is 0 Å². The summed E-state index contributed by atoms with van der Waals surface area (Å²) >= 11 is 0. The van der Waals surface area contributed by atoms with Crippen LogP contribution in [-0.4, -0.2) is 47.2 Å². The summed E-state index contributed by atoms with van der Waals surface area (Å²) in [4.78, 5) is 55.6. The Morgan fingerprint density at radius 2 is 1.91 bits per heavy atom. The summed E-state index contributed by atoms with van der Waals surface area (Å²) in [6.07, 6.45) is 1.53. The zero-order valence-corrected chi connectivity index (χ0v) is 19.5. The van der Waals surface area contributed by atoms with Crippen LogP contribution in [-0.2, 0) is 19.9 Å². The molecule has 180 valence electrons. The number of anilines is 2. The van der Waals surface area contributed by atoms with Crippen LogP contribution in [0.3, 0.4) is 0 Å². The second-order valence-corrected chi connectivity index (χ2v) is 9.76. The molecule has 0 radical (unpaired) electrons. The lowest BCUT2D eigenvalue weighted by Crippen LogP contribution is -2.54. The van der Waals surface area contributed by atoms with Crippen LogP contribution in [0.25, 0.3) is 0 Å². The number of carbonyl (C=O) groups excluding carboxylic acids is 3. The van der Waals surface area contributed by atoms with Gasteiger partial charge in [-0.05, 0) is 44.9 Å². The van der Waals surface area contributed by atoms with Crippen LogP contribution in [0.4, 0.5) is 17.1 Å². The predicted octanol–water partition coefficient (Wildman–Crippen LogP) is 2.65. The molecule has 4 atom stereocenters. The number of hydrogen-bond donors (Lipinski definition) is 1. The zero-order valence-electron chi connectivity index (χ0n) is 19.5. The Bertz CT molecular complexity index is 1360. The Balaban J connectivity index is 1.55. The van der Waals surface area contributed by atoms with Gasteiger partial charge < -0.3 is 10.1 Å². The summed E-state index contributed by atoms with van der Waals surface area (Å²) in [5, 5.41) is 14.3. The molecule has 0 aromatic heterocycles. The van der Waals surface area contributed by atoms with Gasteiger partial charge in [0.15, 0.2) is 0 Å². The maximum atomic E-state index is 14.1. The Labute approximate surface area is 201 Å². The summed E-state index contributed by atoms with van der Waals surface area (Å²) in [6, 6.07) is 7.50. The smallest absolute Gasteiger partial charge is 0.273 e. The molecule has 2 aromatic carbocycles. The Morgan fingerprint density at radius 1 is 1.14 bits per heavy atom. The number of amides is 3. The highest BCUT2D eigenvalue weighted by Gasteiger charge is 2.74. The monoisotopic (exact) mass is 476 g/mol. The van der Waals surface area contributed by atoms with Gasteiger partial charge in [0, 0.05) is 23.4 Å². The molecule has 3 amide bonds. The molecule has 0 aliphatic carbocycles. The molecular formula is C25H24N4O6. The summed E-state index contributed by atoms with van der Waals surface area (Å²) in [5.41, 5.74) is 2.02. The number of nitro groups is 1. The van der Waals surface area contributed by atoms with Gasteiger partial charge in [-0.2, -0.15) is 0 Å². The molecule has 35 heavy (non-hydrogen) atoms. The minimum Gasteiger partial charge on any atom is -0.494 e. The first-order valence-electron chi connectivity index (χ1n) is 11.6. The second-order valence-electron chi connectivity index (χ2n) is 9.76. The molecule has 0 bridgehead atoms. The molecule has 3 fully saturated rings. The fourth-order valence-electron chi connectivity index (χ4n) is 6.86. The van der Waals surface area contributed by atoms with Gasteiger partial charge in [-0.1, -0.05) is 17.7 Å². The topological polar surface area (TPSA) is 122 Å². The van der Waals surface area contributed by atoms with Crippen molar-refractivity contribution in [1.29, 1.82) is 0 Å². The van der Waals surface area contributed by atoms with Crippen molar-refractivity contribution in [2.45, 2.75) is 38.3 Å². The van der Waals surface area contributed by atoms with Crippen molar-refractivity contribution < 1.29 is 24.0 Å². The molecule has 1 N–H and O–H groups in total. The van der Waals surface area contributed by atoms with E-state index in [0.29, 0.717) is 18.7 Å². The average molecular weight is 476 g/mol. The van der Waals surface area contributed by atoms with Gasteiger partial charge in [-0.3, -0.25) is 29.4 Å². The van der Waals surface area contributed by atoms with E-state index in [9.17, 15) is 24.5 Å². The van der Waals surface area contributed by atoms with E-state index in [1.165, 1.54) is 25.3 Å². The number of hydrogen-bond acceptors (Lipinski definition) is 7. The fraction of sp³-hybridized carbons (Fsp3) is 0.400. The third-order valence-electron chi connectivity index (χ3n) is 8.06. The zero-order chi connectivity index (χ0) is 24.8. The number of fused-ring (bicyclic) bond motifs is 7. The first-order valence-corrected chi connectivity index (χ1v) is 11.6. The maximum absolute atomic E-state index is 14.1. The van der Waals surface area contributed by atoms with Crippen LogP contribution in [0, 0.1) is 35.8 Å². The molecule has 4 aliphatic rings. The standard InChI is InChI=1S/C25H24N4O6/c1-12-9-13(2)21-15(10-12)25(24(32)26-21)20-19(17-5-4-8-27(17)25)22(30)28(23(20)31)16-7-6-14(29(33)34)11-18(16)35-3/h6-7,9-11,17,19-20H,4-5,8H2,1-3H3,(H,26,32)/t17-,19-,20-,25-/m1/s1. The van der Waals surface area contributed by atoms with Gasteiger partial charge in [0.2, 0.25) is 17.7 Å². The van der Waals surface area contributed by atoms with Crippen molar-refractivity contribution in [1.82, 2.24) is 4.90 Å². The van der Waals surface area contributed by atoms with E-state index in [2.05, 4.69) is 10.2 Å². The van der Waals surface area contributed by atoms with Crippen LogP contribution >= 0.6 is 0 Å². The van der Waals surface area contributed by atoms with Gasteiger partial charge in [-0.25, -0.2) is 4.90 Å². The van der Waals surface area contributed by atoms with Gasteiger partial charge in [0.05, 0.1) is 35.6 Å². The molecule has 4 aliphatic heterocycles. The predicted molar refractivity (Wildman–Crippen MR) is 125 cm³/mol. The highest BCUT2D eigenvalue weighted by molar-refractivity contribution is 6.26. The molecule has 2 aromatic rings.